The van der Waals surface area contributed by atoms with Gasteiger partial charge in [0.15, 0.2) is 5.17 Å². The van der Waals surface area contributed by atoms with Crippen molar-refractivity contribution < 1.29 is 0 Å². The fourth-order valence-corrected chi connectivity index (χ4v) is 3.93. The standard InChI is InChI=1S/C15H11Cl3N2S/c16-10-6-11(17)14(12(18)7-10)20-15-19-13(8-21-15)9-4-2-1-3-5-9/h1-7,13H,8H2,(H,19,20). The summed E-state index contributed by atoms with van der Waals surface area (Å²) >= 11 is 19.9. The molecule has 0 aliphatic carbocycles. The normalized spacial score (nSPS) is 17.7. The van der Waals surface area contributed by atoms with Crippen molar-refractivity contribution >= 4 is 57.4 Å². The predicted molar refractivity (Wildman–Crippen MR) is 94.2 cm³/mol. The number of nitrogens with one attached hydrogen (secondary N) is 1. The second-order valence-electron chi connectivity index (χ2n) is 4.54. The Kier molecular flexibility index (Phi) is 4.65. The molecule has 1 unspecified atom stereocenters. The Morgan fingerprint density at radius 1 is 1.05 bits per heavy atom. The largest absolute Gasteiger partial charge is 0.333 e. The van der Waals surface area contributed by atoms with Crippen molar-refractivity contribution in [3.8, 4) is 0 Å². The summed E-state index contributed by atoms with van der Waals surface area (Å²) in [5.41, 5.74) is 1.85. The number of rotatable bonds is 2. The molecule has 2 nitrogen and oxygen atoms in total. The van der Waals surface area contributed by atoms with Gasteiger partial charge in [0.25, 0.3) is 0 Å². The summed E-state index contributed by atoms with van der Waals surface area (Å²) in [4.78, 5) is 4.68. The highest BCUT2D eigenvalue weighted by molar-refractivity contribution is 8.14. The van der Waals surface area contributed by atoms with E-state index in [1.54, 1.807) is 23.9 Å². The Labute approximate surface area is 142 Å². The zero-order valence-corrected chi connectivity index (χ0v) is 13.9. The van der Waals surface area contributed by atoms with Crippen molar-refractivity contribution in [3.63, 3.8) is 0 Å². The SMILES string of the molecule is Clc1cc(Cl)c(NC2=NC(c3ccccc3)CS2)c(Cl)c1. The highest BCUT2D eigenvalue weighted by Gasteiger charge is 2.21. The predicted octanol–water partition coefficient (Wildman–Crippen LogP) is 5.90. The molecule has 1 heterocycles. The first-order valence-electron chi connectivity index (χ1n) is 6.30. The Bertz CT molecular complexity index is 666. The van der Waals surface area contributed by atoms with Gasteiger partial charge in [0.05, 0.1) is 21.8 Å². The number of hydrogen-bond acceptors (Lipinski definition) is 3. The second kappa shape index (κ2) is 6.49. The maximum Gasteiger partial charge on any atom is 0.161 e. The number of anilines is 1. The Morgan fingerprint density at radius 2 is 1.71 bits per heavy atom. The van der Waals surface area contributed by atoms with Gasteiger partial charge < -0.3 is 5.32 Å². The Morgan fingerprint density at radius 3 is 2.38 bits per heavy atom. The molecule has 2 aromatic carbocycles. The first-order valence-corrected chi connectivity index (χ1v) is 8.42. The number of benzene rings is 2. The lowest BCUT2D eigenvalue weighted by Crippen LogP contribution is -2.06. The summed E-state index contributed by atoms with van der Waals surface area (Å²) in [5.74, 6) is 0.898. The molecule has 108 valence electrons. The van der Waals surface area contributed by atoms with E-state index in [4.69, 9.17) is 34.8 Å². The van der Waals surface area contributed by atoms with E-state index in [2.05, 4.69) is 22.4 Å². The van der Waals surface area contributed by atoms with Crippen molar-refractivity contribution in [1.82, 2.24) is 0 Å². The number of aliphatic imine (C=N–C) groups is 1. The van der Waals surface area contributed by atoms with E-state index >= 15 is 0 Å². The van der Waals surface area contributed by atoms with E-state index in [1.165, 1.54) is 5.56 Å². The molecule has 0 amide bonds. The lowest BCUT2D eigenvalue weighted by atomic mass is 10.1. The van der Waals surface area contributed by atoms with Gasteiger partial charge in [0.2, 0.25) is 0 Å². The molecule has 3 rings (SSSR count). The van der Waals surface area contributed by atoms with E-state index in [1.807, 2.05) is 18.2 Å². The molecule has 21 heavy (non-hydrogen) atoms. The molecule has 1 aliphatic rings. The smallest absolute Gasteiger partial charge is 0.161 e. The average Bonchev–Trinajstić information content (AvgIpc) is 2.92. The number of halogens is 3. The summed E-state index contributed by atoms with van der Waals surface area (Å²) in [6.45, 7) is 0. The van der Waals surface area contributed by atoms with Gasteiger partial charge in [-0.2, -0.15) is 0 Å². The number of nitrogens with zero attached hydrogens (tertiary/aromatic N) is 1. The summed E-state index contributed by atoms with van der Waals surface area (Å²) in [7, 11) is 0. The zero-order valence-electron chi connectivity index (χ0n) is 10.8. The third-order valence-electron chi connectivity index (χ3n) is 3.07. The fraction of sp³-hybridized carbons (Fsp3) is 0.133. The zero-order chi connectivity index (χ0) is 14.8. The van der Waals surface area contributed by atoms with Gasteiger partial charge in [0, 0.05) is 10.8 Å². The van der Waals surface area contributed by atoms with Crippen molar-refractivity contribution in [1.29, 1.82) is 0 Å². The van der Waals surface area contributed by atoms with Gasteiger partial charge in [0.1, 0.15) is 0 Å². The minimum atomic E-state index is 0.156. The van der Waals surface area contributed by atoms with Crippen LogP contribution < -0.4 is 5.32 Å². The summed E-state index contributed by atoms with van der Waals surface area (Å²) in [6, 6.07) is 13.7. The Hall–Kier alpha value is -0.870. The number of hydrogen-bond donors (Lipinski definition) is 1. The van der Waals surface area contributed by atoms with Crippen LogP contribution in [0.4, 0.5) is 5.69 Å². The molecule has 1 atom stereocenters. The van der Waals surface area contributed by atoms with E-state index in [-0.39, 0.29) is 6.04 Å². The van der Waals surface area contributed by atoms with Crippen molar-refractivity contribution in [2.75, 3.05) is 11.1 Å². The molecule has 0 bridgehead atoms. The lowest BCUT2D eigenvalue weighted by molar-refractivity contribution is 0.849. The molecule has 6 heteroatoms. The van der Waals surface area contributed by atoms with E-state index < -0.39 is 0 Å². The van der Waals surface area contributed by atoms with Gasteiger partial charge in [-0.25, -0.2) is 0 Å². The maximum atomic E-state index is 6.17. The molecular weight excluding hydrogens is 347 g/mol. The quantitative estimate of drug-likeness (QED) is 0.723. The molecule has 2 aromatic rings. The highest BCUT2D eigenvalue weighted by Crippen LogP contribution is 2.36. The van der Waals surface area contributed by atoms with Crippen LogP contribution in [0.1, 0.15) is 11.6 Å². The van der Waals surface area contributed by atoms with Crippen LogP contribution in [0.5, 0.6) is 0 Å². The van der Waals surface area contributed by atoms with Crippen molar-refractivity contribution in [3.05, 3.63) is 63.1 Å². The van der Waals surface area contributed by atoms with Crippen LogP contribution in [-0.4, -0.2) is 10.9 Å². The van der Waals surface area contributed by atoms with Crippen LogP contribution in [0, 0.1) is 0 Å². The van der Waals surface area contributed by atoms with Gasteiger partial charge >= 0.3 is 0 Å². The van der Waals surface area contributed by atoms with E-state index in [0.717, 1.165) is 10.9 Å². The minimum Gasteiger partial charge on any atom is -0.333 e. The lowest BCUT2D eigenvalue weighted by Gasteiger charge is -2.09. The molecule has 0 aromatic heterocycles. The third kappa shape index (κ3) is 3.49. The topological polar surface area (TPSA) is 24.4 Å². The average molecular weight is 358 g/mol. The van der Waals surface area contributed by atoms with Crippen LogP contribution >= 0.6 is 46.6 Å². The van der Waals surface area contributed by atoms with E-state index in [0.29, 0.717) is 20.8 Å². The first-order chi connectivity index (χ1) is 10.1. The number of thioether (sulfide) groups is 1. The van der Waals surface area contributed by atoms with Gasteiger partial charge in [-0.1, -0.05) is 76.9 Å². The molecule has 0 saturated heterocycles. The monoisotopic (exact) mass is 356 g/mol. The molecule has 0 fully saturated rings. The van der Waals surface area contributed by atoms with Crippen LogP contribution in [0.25, 0.3) is 0 Å². The van der Waals surface area contributed by atoms with Crippen LogP contribution in [0.2, 0.25) is 15.1 Å². The van der Waals surface area contributed by atoms with E-state index in [9.17, 15) is 0 Å². The highest BCUT2D eigenvalue weighted by atomic mass is 35.5. The van der Waals surface area contributed by atoms with Crippen LogP contribution in [-0.2, 0) is 0 Å². The Balaban J connectivity index is 1.81. The third-order valence-corrected chi connectivity index (χ3v) is 4.85. The summed E-state index contributed by atoms with van der Waals surface area (Å²) in [5, 5.41) is 5.49. The fourth-order valence-electron chi connectivity index (χ4n) is 2.06. The molecule has 0 radical (unpaired) electrons. The van der Waals surface area contributed by atoms with Gasteiger partial charge in [-0.3, -0.25) is 4.99 Å². The number of amidine groups is 1. The van der Waals surface area contributed by atoms with Crippen LogP contribution in [0.3, 0.4) is 0 Å². The van der Waals surface area contributed by atoms with Gasteiger partial charge in [-0.05, 0) is 17.7 Å². The maximum absolute atomic E-state index is 6.17. The molecule has 1 aliphatic heterocycles. The van der Waals surface area contributed by atoms with Crippen molar-refractivity contribution in [2.45, 2.75) is 6.04 Å². The summed E-state index contributed by atoms with van der Waals surface area (Å²) < 4.78 is 0. The first kappa shape index (κ1) is 15.0. The minimum absolute atomic E-state index is 0.156. The molecule has 1 N–H and O–H groups in total. The molecule has 0 saturated carbocycles. The second-order valence-corrected chi connectivity index (χ2v) is 6.80. The van der Waals surface area contributed by atoms with Crippen molar-refractivity contribution in [2.24, 2.45) is 4.99 Å². The van der Waals surface area contributed by atoms with Crippen LogP contribution in [0.15, 0.2) is 47.5 Å². The van der Waals surface area contributed by atoms with Gasteiger partial charge in [-0.15, -0.1) is 0 Å². The molecule has 0 spiro atoms. The molecular formula is C15H11Cl3N2S. The summed E-state index contributed by atoms with van der Waals surface area (Å²) in [6.07, 6.45) is 0.